The maximum atomic E-state index is 12.6. The fraction of sp³-hybridized carbons (Fsp3) is 0.465. The number of amides is 5. The van der Waals surface area contributed by atoms with Crippen molar-refractivity contribution in [3.63, 3.8) is 0 Å². The number of aromatic hydroxyl groups is 1. The van der Waals surface area contributed by atoms with E-state index in [0.717, 1.165) is 115 Å². The quantitative estimate of drug-likeness (QED) is 0.0236. The van der Waals surface area contributed by atoms with E-state index in [0.29, 0.717) is 94.3 Å². The van der Waals surface area contributed by atoms with E-state index in [1.54, 1.807) is 122 Å². The predicted molar refractivity (Wildman–Crippen MR) is 453 cm³/mol. The average molecular weight is 1710 g/mol. The molecule has 4 saturated carbocycles. The minimum absolute atomic E-state index is 0.00172. The number of nitrogens with zero attached hydrogens (tertiary/aromatic N) is 17. The second-order valence-corrected chi connectivity index (χ2v) is 30.2. The van der Waals surface area contributed by atoms with Gasteiger partial charge in [0.15, 0.2) is 37.6 Å². The molecule has 0 spiro atoms. The Morgan fingerprint density at radius 1 is 0.460 bits per heavy atom. The third kappa shape index (κ3) is 26.9. The highest BCUT2D eigenvalue weighted by Gasteiger charge is 2.30. The maximum Gasteiger partial charge on any atom is 0.413 e. The number of carboxylic acid groups (broad SMARTS) is 1. The van der Waals surface area contributed by atoms with Gasteiger partial charge in [-0.3, -0.25) is 5.32 Å². The largest absolute Gasteiger partial charge is 0.508 e. The Bertz CT molecular complexity index is 5030. The summed E-state index contributed by atoms with van der Waals surface area (Å²) in [5, 5.41) is 67.7. The number of carbonyl (C=O) groups excluding carboxylic acids is 6. The number of ether oxygens (including phenoxy) is 9. The van der Waals surface area contributed by atoms with Gasteiger partial charge in [-0.05, 0) is 210 Å². The summed E-state index contributed by atoms with van der Waals surface area (Å²) in [6, 6.07) is 36.8. The SMILES string of the molecule is CC(C)[C@H]1CCC[C@H](Oc2ccc(-c3nnn(C)c3CNC(=O)N(C)C3CCCC3)cc2)C1.CN(C(=O)NCc1c(-c2ccc(O)cc2)nnn1C)C1CCCC1.COCOc1ccc(-c2nnn(C)c2C(=O)O)cc1.COCOc1ccc(-c2nnn(C)c2C(=O)OC)cc1.COCOc1ccc(-c2nnn(C)c2NC(=O)OC2CCCC2)cc1.O=C=O. The van der Waals surface area contributed by atoms with Gasteiger partial charge in [-0.25, -0.2) is 47.4 Å². The van der Waals surface area contributed by atoms with Crippen molar-refractivity contribution < 1.29 is 86.4 Å². The lowest BCUT2D eigenvalue weighted by Gasteiger charge is -2.31. The Morgan fingerprint density at radius 3 is 1.23 bits per heavy atom. The Morgan fingerprint density at radius 2 is 0.815 bits per heavy atom. The molecule has 4 fully saturated rings. The lowest BCUT2D eigenvalue weighted by Crippen LogP contribution is -2.42. The van der Waals surface area contributed by atoms with Crippen molar-refractivity contribution in [2.75, 3.05) is 68.2 Å². The molecule has 4 aliphatic rings. The van der Waals surface area contributed by atoms with Crippen LogP contribution < -0.4 is 34.9 Å². The third-order valence-corrected chi connectivity index (χ3v) is 21.5. The maximum absolute atomic E-state index is 12.6. The zero-order valence-corrected chi connectivity index (χ0v) is 72.4. The van der Waals surface area contributed by atoms with Crippen molar-refractivity contribution in [1.82, 2.24) is 95.4 Å². The summed E-state index contributed by atoms with van der Waals surface area (Å²) in [4.78, 5) is 79.9. The van der Waals surface area contributed by atoms with Crippen molar-refractivity contribution in [2.24, 2.45) is 47.1 Å². The molecule has 4 aliphatic carbocycles. The molecular weight excluding hydrogens is 1600 g/mol. The zero-order chi connectivity index (χ0) is 89.2. The van der Waals surface area contributed by atoms with Crippen molar-refractivity contribution >= 4 is 42.1 Å². The number of urea groups is 2. The molecule has 10 aromatic rings. The van der Waals surface area contributed by atoms with Crippen LogP contribution in [-0.4, -0.2) is 218 Å². The number of methoxy groups -OCH3 is 4. The third-order valence-electron chi connectivity index (χ3n) is 21.5. The first-order chi connectivity index (χ1) is 59.9. The number of aryl methyl sites for hydroxylation is 5. The number of carbonyl (C=O) groups is 5. The molecule has 5 amide bonds. The predicted octanol–water partition coefficient (Wildman–Crippen LogP) is 12.2. The number of hydrogen-bond acceptors (Lipinski definition) is 27. The summed E-state index contributed by atoms with van der Waals surface area (Å²) in [6.45, 7) is 5.90. The number of anilines is 1. The standard InChI is InChI=1S/C26H39N5O2.C17H23N5O2.C17H22N4O4.C13H15N3O4.C12H13N3O4.CO2/c1-18(2)20-8-7-11-23(16-20)33-22-14-12-19(13-15-22)25-24(31(4)29-28-25)17-27-26(32)30(3)21-9-5-6-10-21;1-21(13-5-3-4-6-13)17(24)18-11-15-16(19-20-22(15)2)12-7-9-14(23)10-8-12;1-21-16(18-17(22)25-14-5-3-4-6-14)15(19-20-21)12-7-9-13(10-8-12)24-11-23-2;1-16-12(13(17)19-3)11(14-15-16)9-4-6-10(7-5-9)20-8-18-2;1-15-11(12(16)17)10(13-14-15)8-3-5-9(6-4-8)19-7-18-2;2-1-3/h12-15,18,20-21,23H,5-11,16-17H2,1-4H3,(H,27,32);7-10,13,23H,3-6,11H2,1-2H3,(H,18,24);7-10,14H,3-6,11H2,1-2H3,(H,18,22);4-7H,8H2,1-3H3;3-6H,7H2,1-2H3,(H,16,17);/t20-,23-;;;;;/m0...../s1. The van der Waals surface area contributed by atoms with Crippen molar-refractivity contribution in [3.8, 4) is 85.0 Å². The average Bonchev–Trinajstić information content (AvgIpc) is 1.41. The molecule has 38 nitrogen and oxygen atoms in total. The van der Waals surface area contributed by atoms with Crippen LogP contribution in [0.25, 0.3) is 56.3 Å². The molecule has 2 atom stereocenters. The van der Waals surface area contributed by atoms with Gasteiger partial charge in [0, 0.05) is 111 Å². The van der Waals surface area contributed by atoms with E-state index >= 15 is 0 Å². The van der Waals surface area contributed by atoms with Crippen LogP contribution in [0, 0.1) is 11.8 Å². The number of aromatic carboxylic acids is 1. The number of aromatic nitrogens is 15. The molecule has 0 radical (unpaired) electrons. The Hall–Kier alpha value is -13.2. The van der Waals surface area contributed by atoms with Crippen LogP contribution in [-0.2, 0) is 81.6 Å². The molecule has 5 heterocycles. The van der Waals surface area contributed by atoms with Crippen LogP contribution in [0.3, 0.4) is 0 Å². The van der Waals surface area contributed by atoms with Crippen LogP contribution >= 0.6 is 0 Å². The molecule has 0 bridgehead atoms. The molecule has 5 N–H and O–H groups in total. The summed E-state index contributed by atoms with van der Waals surface area (Å²) < 4.78 is 54.4. The lowest BCUT2D eigenvalue weighted by atomic mass is 9.80. The van der Waals surface area contributed by atoms with Gasteiger partial charge in [-0.2, -0.15) is 9.59 Å². The first kappa shape index (κ1) is 94.7. The van der Waals surface area contributed by atoms with Crippen LogP contribution in [0.4, 0.5) is 20.2 Å². The summed E-state index contributed by atoms with van der Waals surface area (Å²) >= 11 is 0. The number of phenols is 1. The molecular formula is C86H112N20O18. The zero-order valence-electron chi connectivity index (χ0n) is 72.4. The van der Waals surface area contributed by atoms with E-state index in [9.17, 15) is 29.1 Å². The van der Waals surface area contributed by atoms with Gasteiger partial charge in [-0.15, -0.1) is 25.5 Å². The number of carboxylic acids is 1. The van der Waals surface area contributed by atoms with Gasteiger partial charge in [-0.1, -0.05) is 65.6 Å². The molecule has 664 valence electrons. The smallest absolute Gasteiger partial charge is 0.413 e. The Labute approximate surface area is 719 Å². The van der Waals surface area contributed by atoms with Crippen molar-refractivity contribution in [3.05, 3.63) is 144 Å². The van der Waals surface area contributed by atoms with E-state index in [1.165, 1.54) is 73.8 Å². The van der Waals surface area contributed by atoms with Gasteiger partial charge in [0.1, 0.15) is 63.3 Å². The number of esters is 1. The molecule has 38 heteroatoms. The Balaban J connectivity index is 0.000000177. The van der Waals surface area contributed by atoms with Gasteiger partial charge >= 0.3 is 36.2 Å². The topological polar surface area (TPSA) is 439 Å². The highest BCUT2D eigenvalue weighted by Crippen LogP contribution is 2.35. The molecule has 5 aromatic heterocycles. The molecule has 0 unspecified atom stereocenters. The number of nitrogens with one attached hydrogen (secondary N) is 3. The van der Waals surface area contributed by atoms with E-state index < -0.39 is 18.0 Å². The summed E-state index contributed by atoms with van der Waals surface area (Å²) in [5.41, 5.74) is 9.01. The van der Waals surface area contributed by atoms with Crippen molar-refractivity contribution in [2.45, 2.75) is 154 Å². The fourth-order valence-electron chi connectivity index (χ4n) is 14.6. The van der Waals surface area contributed by atoms with Crippen LogP contribution in [0.5, 0.6) is 28.7 Å². The highest BCUT2D eigenvalue weighted by atomic mass is 16.7. The van der Waals surface area contributed by atoms with Gasteiger partial charge in [0.05, 0.1) is 37.7 Å². The van der Waals surface area contributed by atoms with E-state index in [4.69, 9.17) is 57.3 Å². The van der Waals surface area contributed by atoms with Crippen molar-refractivity contribution in [1.29, 1.82) is 0 Å². The highest BCUT2D eigenvalue weighted by molar-refractivity contribution is 5.94. The minimum Gasteiger partial charge on any atom is -0.508 e. The van der Waals surface area contributed by atoms with Crippen LogP contribution in [0.1, 0.15) is 149 Å². The van der Waals surface area contributed by atoms with Gasteiger partial charge < -0.3 is 73.3 Å². The fourth-order valence-corrected chi connectivity index (χ4v) is 14.6. The second kappa shape index (κ2) is 47.9. The normalized spacial score (nSPS) is 14.8. The lowest BCUT2D eigenvalue weighted by molar-refractivity contribution is -0.191. The van der Waals surface area contributed by atoms with E-state index in [2.05, 4.69) is 81.4 Å². The summed E-state index contributed by atoms with van der Waals surface area (Å²) in [6.07, 6.45) is 18.1. The number of rotatable bonds is 27. The van der Waals surface area contributed by atoms with Crippen LogP contribution in [0.2, 0.25) is 0 Å². The van der Waals surface area contributed by atoms with Crippen LogP contribution in [0.15, 0.2) is 121 Å². The molecule has 14 rings (SSSR count). The van der Waals surface area contributed by atoms with E-state index in [1.807, 2.05) is 74.6 Å². The number of phenolic OH excluding ortho intramolecular Hbond substituents is 1. The number of hydrogen-bond donors (Lipinski definition) is 5. The molecule has 124 heavy (non-hydrogen) atoms. The first-order valence-electron chi connectivity index (χ1n) is 40.9. The molecule has 0 aliphatic heterocycles. The minimum atomic E-state index is -1.07. The van der Waals surface area contributed by atoms with Gasteiger partial charge in [0.2, 0.25) is 0 Å². The monoisotopic (exact) mass is 1710 g/mol. The Kier molecular flexibility index (Phi) is 36.5. The molecule has 0 saturated heterocycles. The summed E-state index contributed by atoms with van der Waals surface area (Å²) in [7, 11) is 18.3. The molecule has 5 aromatic carbocycles. The number of benzene rings is 5. The second-order valence-electron chi connectivity index (χ2n) is 30.2. The van der Waals surface area contributed by atoms with Gasteiger partial charge in [0.25, 0.3) is 0 Å². The summed E-state index contributed by atoms with van der Waals surface area (Å²) in [5.74, 6) is 3.51. The first-order valence-corrected chi connectivity index (χ1v) is 40.9. The van der Waals surface area contributed by atoms with E-state index in [-0.39, 0.29) is 56.1 Å².